The highest BCUT2D eigenvalue weighted by Gasteiger charge is 2.20. The van der Waals surface area contributed by atoms with Gasteiger partial charge >= 0.3 is 0 Å². The standard InChI is InChI=1S/C23H22ClN3O3/c1-14-11-19(15-5-8-17(24)9-6-15)27-23(25-14)22(18(26-27)13-28-2)16-7-10-20(29-3)21(12-16)30-4/h5-12H,13H2,1-4H3. The molecule has 0 unspecified atom stereocenters. The molecule has 154 valence electrons. The molecule has 0 aliphatic heterocycles. The van der Waals surface area contributed by atoms with Crippen LogP contribution in [0.5, 0.6) is 11.5 Å². The van der Waals surface area contributed by atoms with E-state index in [4.69, 9.17) is 35.9 Å². The first-order valence-electron chi connectivity index (χ1n) is 9.42. The fourth-order valence-corrected chi connectivity index (χ4v) is 3.66. The third kappa shape index (κ3) is 3.60. The molecule has 0 saturated heterocycles. The van der Waals surface area contributed by atoms with Crippen molar-refractivity contribution in [1.82, 2.24) is 14.6 Å². The van der Waals surface area contributed by atoms with E-state index in [-0.39, 0.29) is 0 Å². The molecule has 2 heterocycles. The number of ether oxygens (including phenoxy) is 3. The van der Waals surface area contributed by atoms with Crippen molar-refractivity contribution in [3.63, 3.8) is 0 Å². The number of fused-ring (bicyclic) bond motifs is 1. The topological polar surface area (TPSA) is 57.9 Å². The van der Waals surface area contributed by atoms with Gasteiger partial charge in [-0.3, -0.25) is 0 Å². The van der Waals surface area contributed by atoms with Gasteiger partial charge in [0.15, 0.2) is 17.1 Å². The number of methoxy groups -OCH3 is 3. The summed E-state index contributed by atoms with van der Waals surface area (Å²) in [7, 11) is 4.89. The van der Waals surface area contributed by atoms with Crippen LogP contribution in [0.15, 0.2) is 48.5 Å². The van der Waals surface area contributed by atoms with Crippen LogP contribution in [0.1, 0.15) is 11.4 Å². The van der Waals surface area contributed by atoms with Gasteiger partial charge in [0.2, 0.25) is 0 Å². The van der Waals surface area contributed by atoms with Crippen LogP contribution in [0.2, 0.25) is 5.02 Å². The second-order valence-electron chi connectivity index (χ2n) is 6.85. The van der Waals surface area contributed by atoms with Crippen LogP contribution >= 0.6 is 11.6 Å². The normalized spacial score (nSPS) is 11.1. The minimum absolute atomic E-state index is 0.353. The highest BCUT2D eigenvalue weighted by atomic mass is 35.5. The first-order chi connectivity index (χ1) is 14.5. The Hall–Kier alpha value is -3.09. The van der Waals surface area contributed by atoms with E-state index in [1.807, 2.05) is 60.0 Å². The van der Waals surface area contributed by atoms with Crippen molar-refractivity contribution in [2.45, 2.75) is 13.5 Å². The number of nitrogens with zero attached hydrogens (tertiary/aromatic N) is 3. The van der Waals surface area contributed by atoms with Gasteiger partial charge in [-0.05, 0) is 42.8 Å². The zero-order valence-corrected chi connectivity index (χ0v) is 18.0. The fourth-order valence-electron chi connectivity index (χ4n) is 3.53. The number of halogens is 1. The molecule has 6 nitrogen and oxygen atoms in total. The van der Waals surface area contributed by atoms with E-state index in [1.54, 1.807) is 21.3 Å². The third-order valence-electron chi connectivity index (χ3n) is 4.88. The van der Waals surface area contributed by atoms with Gasteiger partial charge < -0.3 is 14.2 Å². The summed E-state index contributed by atoms with van der Waals surface area (Å²) in [6.45, 7) is 2.33. The minimum Gasteiger partial charge on any atom is -0.493 e. The van der Waals surface area contributed by atoms with Gasteiger partial charge in [-0.15, -0.1) is 0 Å². The number of hydrogen-bond acceptors (Lipinski definition) is 5. The molecular weight excluding hydrogens is 402 g/mol. The van der Waals surface area contributed by atoms with Crippen molar-refractivity contribution in [2.75, 3.05) is 21.3 Å². The second kappa shape index (κ2) is 8.34. The number of aromatic nitrogens is 3. The van der Waals surface area contributed by atoms with Crippen LogP contribution in [0.25, 0.3) is 28.0 Å². The molecule has 0 fully saturated rings. The van der Waals surface area contributed by atoms with Crippen molar-refractivity contribution >= 4 is 17.2 Å². The molecule has 0 bridgehead atoms. The van der Waals surface area contributed by atoms with Crippen LogP contribution in [-0.4, -0.2) is 35.9 Å². The Balaban J connectivity index is 2.00. The minimum atomic E-state index is 0.353. The molecule has 4 rings (SSSR count). The summed E-state index contributed by atoms with van der Waals surface area (Å²) in [5.41, 5.74) is 6.18. The Bertz CT molecular complexity index is 1200. The summed E-state index contributed by atoms with van der Waals surface area (Å²) in [5.74, 6) is 1.31. The lowest BCUT2D eigenvalue weighted by Crippen LogP contribution is -1.99. The van der Waals surface area contributed by atoms with Crippen molar-refractivity contribution < 1.29 is 14.2 Å². The van der Waals surface area contributed by atoms with Crippen molar-refractivity contribution in [1.29, 1.82) is 0 Å². The highest BCUT2D eigenvalue weighted by molar-refractivity contribution is 6.30. The van der Waals surface area contributed by atoms with E-state index in [0.29, 0.717) is 23.1 Å². The number of rotatable bonds is 6. The average molecular weight is 424 g/mol. The van der Waals surface area contributed by atoms with Gasteiger partial charge in [0, 0.05) is 23.4 Å². The van der Waals surface area contributed by atoms with Gasteiger partial charge in [-0.2, -0.15) is 5.10 Å². The molecule has 0 amide bonds. The molecule has 0 spiro atoms. The lowest BCUT2D eigenvalue weighted by atomic mass is 10.0. The maximum absolute atomic E-state index is 6.08. The Morgan fingerprint density at radius 1 is 0.900 bits per heavy atom. The Morgan fingerprint density at radius 2 is 1.60 bits per heavy atom. The molecule has 0 atom stereocenters. The molecular formula is C23H22ClN3O3. The molecule has 0 aliphatic rings. The second-order valence-corrected chi connectivity index (χ2v) is 7.29. The van der Waals surface area contributed by atoms with Crippen molar-refractivity contribution in [3.05, 3.63) is 64.9 Å². The van der Waals surface area contributed by atoms with Gasteiger partial charge in [-0.1, -0.05) is 29.8 Å². The van der Waals surface area contributed by atoms with Crippen LogP contribution in [0.4, 0.5) is 0 Å². The highest BCUT2D eigenvalue weighted by Crippen LogP contribution is 2.37. The van der Waals surface area contributed by atoms with Crippen LogP contribution < -0.4 is 9.47 Å². The van der Waals surface area contributed by atoms with Gasteiger partial charge in [0.05, 0.1) is 37.8 Å². The lowest BCUT2D eigenvalue weighted by molar-refractivity contribution is 0.181. The molecule has 2 aromatic heterocycles. The van der Waals surface area contributed by atoms with Gasteiger partial charge in [0.25, 0.3) is 0 Å². The van der Waals surface area contributed by atoms with Crippen LogP contribution in [0.3, 0.4) is 0 Å². The van der Waals surface area contributed by atoms with E-state index in [2.05, 4.69) is 0 Å². The Morgan fingerprint density at radius 3 is 2.27 bits per heavy atom. The summed E-state index contributed by atoms with van der Waals surface area (Å²) < 4.78 is 18.2. The van der Waals surface area contributed by atoms with Crippen LogP contribution in [-0.2, 0) is 11.3 Å². The zero-order valence-electron chi connectivity index (χ0n) is 17.3. The average Bonchev–Trinajstić information content (AvgIpc) is 3.11. The van der Waals surface area contributed by atoms with E-state index in [0.717, 1.165) is 39.4 Å². The van der Waals surface area contributed by atoms with Gasteiger partial charge in [0.1, 0.15) is 0 Å². The number of aryl methyl sites for hydroxylation is 1. The van der Waals surface area contributed by atoms with Gasteiger partial charge in [-0.25, -0.2) is 9.50 Å². The largest absolute Gasteiger partial charge is 0.493 e. The summed E-state index contributed by atoms with van der Waals surface area (Å²) in [5, 5.41) is 5.53. The predicted molar refractivity (Wildman–Crippen MR) is 117 cm³/mol. The first kappa shape index (κ1) is 20.2. The lowest BCUT2D eigenvalue weighted by Gasteiger charge is -2.10. The quantitative estimate of drug-likeness (QED) is 0.427. The SMILES string of the molecule is COCc1nn2c(-c3ccc(Cl)cc3)cc(C)nc2c1-c1ccc(OC)c(OC)c1. The molecule has 0 radical (unpaired) electrons. The zero-order chi connectivity index (χ0) is 21.3. The van der Waals surface area contributed by atoms with E-state index in [9.17, 15) is 0 Å². The molecule has 7 heteroatoms. The monoisotopic (exact) mass is 423 g/mol. The van der Waals surface area contributed by atoms with Crippen molar-refractivity contribution in [3.8, 4) is 33.9 Å². The molecule has 0 N–H and O–H groups in total. The maximum Gasteiger partial charge on any atom is 0.164 e. The van der Waals surface area contributed by atoms with E-state index < -0.39 is 0 Å². The smallest absolute Gasteiger partial charge is 0.164 e. The van der Waals surface area contributed by atoms with Crippen molar-refractivity contribution in [2.24, 2.45) is 0 Å². The maximum atomic E-state index is 6.08. The summed E-state index contributed by atoms with van der Waals surface area (Å²) in [4.78, 5) is 4.80. The Kier molecular flexibility index (Phi) is 5.61. The molecule has 0 aliphatic carbocycles. The number of benzene rings is 2. The summed E-state index contributed by atoms with van der Waals surface area (Å²) in [6, 6.07) is 15.5. The van der Waals surface area contributed by atoms with E-state index >= 15 is 0 Å². The molecule has 2 aromatic carbocycles. The summed E-state index contributed by atoms with van der Waals surface area (Å²) in [6.07, 6.45) is 0. The number of hydrogen-bond donors (Lipinski definition) is 0. The molecule has 0 saturated carbocycles. The van der Waals surface area contributed by atoms with Crippen LogP contribution in [0, 0.1) is 6.92 Å². The molecule has 4 aromatic rings. The first-order valence-corrected chi connectivity index (χ1v) is 9.80. The van der Waals surface area contributed by atoms with E-state index in [1.165, 1.54) is 0 Å². The third-order valence-corrected chi connectivity index (χ3v) is 5.13. The Labute approximate surface area is 180 Å². The molecule has 30 heavy (non-hydrogen) atoms. The predicted octanol–water partition coefficient (Wildman–Crippen LogP) is 5.19. The fraction of sp³-hybridized carbons (Fsp3) is 0.217. The summed E-state index contributed by atoms with van der Waals surface area (Å²) >= 11 is 6.08.